The zero-order valence-corrected chi connectivity index (χ0v) is 12.3. The molecule has 1 aromatic heterocycles. The molecule has 1 aliphatic rings. The van der Waals surface area contributed by atoms with Crippen LogP contribution in [0, 0.1) is 0 Å². The summed E-state index contributed by atoms with van der Waals surface area (Å²) in [5.41, 5.74) is -0.968. The van der Waals surface area contributed by atoms with Gasteiger partial charge in [-0.15, -0.1) is 0 Å². The zero-order chi connectivity index (χ0) is 15.3. The van der Waals surface area contributed by atoms with Gasteiger partial charge in [-0.05, 0) is 25.3 Å². The van der Waals surface area contributed by atoms with Crippen LogP contribution in [0.25, 0.3) is 0 Å². The van der Waals surface area contributed by atoms with Gasteiger partial charge in [0.15, 0.2) is 0 Å². The molecule has 2 amide bonds. The Morgan fingerprint density at radius 3 is 2.95 bits per heavy atom. The number of amides is 2. The minimum Gasteiger partial charge on any atom is -0.388 e. The maximum atomic E-state index is 12.2. The van der Waals surface area contributed by atoms with Crippen LogP contribution in [0.2, 0.25) is 0 Å². The number of nitrogens with zero attached hydrogens (tertiary/aromatic N) is 3. The molecule has 7 nitrogen and oxygen atoms in total. The monoisotopic (exact) mass is 294 g/mol. The highest BCUT2D eigenvalue weighted by molar-refractivity contribution is 5.76. The third-order valence-corrected chi connectivity index (χ3v) is 3.86. The van der Waals surface area contributed by atoms with E-state index in [1.807, 2.05) is 0 Å². The van der Waals surface area contributed by atoms with E-state index in [2.05, 4.69) is 10.4 Å². The Morgan fingerprint density at radius 2 is 2.29 bits per heavy atom. The standard InChI is InChI=1S/C14H22N4O3/c1-15-12(19)4-6-14(21)5-2-8-17(11-14)13(20)10-18-9-3-7-16-18/h3,7,9,21H,2,4-6,8,10-11H2,1H3,(H,15,19). The Hall–Kier alpha value is -1.89. The highest BCUT2D eigenvalue weighted by atomic mass is 16.3. The molecule has 1 saturated heterocycles. The Kier molecular flexibility index (Phi) is 4.95. The first-order valence-electron chi connectivity index (χ1n) is 7.20. The van der Waals surface area contributed by atoms with Gasteiger partial charge in [-0.3, -0.25) is 14.3 Å². The number of nitrogens with one attached hydrogen (secondary N) is 1. The molecule has 1 aliphatic heterocycles. The summed E-state index contributed by atoms with van der Waals surface area (Å²) < 4.78 is 1.57. The van der Waals surface area contributed by atoms with Crippen LogP contribution in [-0.2, 0) is 16.1 Å². The van der Waals surface area contributed by atoms with Gasteiger partial charge < -0.3 is 15.3 Å². The molecule has 0 radical (unpaired) electrons. The van der Waals surface area contributed by atoms with Crippen molar-refractivity contribution in [2.75, 3.05) is 20.1 Å². The first-order chi connectivity index (χ1) is 10.0. The molecule has 116 valence electrons. The molecule has 2 N–H and O–H groups in total. The fourth-order valence-electron chi connectivity index (χ4n) is 2.63. The van der Waals surface area contributed by atoms with Gasteiger partial charge in [0, 0.05) is 39.0 Å². The number of hydrogen-bond acceptors (Lipinski definition) is 4. The highest BCUT2D eigenvalue weighted by Gasteiger charge is 2.35. The van der Waals surface area contributed by atoms with Crippen LogP contribution >= 0.6 is 0 Å². The number of carbonyl (C=O) groups excluding carboxylic acids is 2. The summed E-state index contributed by atoms with van der Waals surface area (Å²) in [5.74, 6) is -0.153. The quantitative estimate of drug-likeness (QED) is 0.785. The minimum absolute atomic E-state index is 0.0585. The van der Waals surface area contributed by atoms with E-state index in [1.54, 1.807) is 35.1 Å². The second-order valence-electron chi connectivity index (χ2n) is 5.52. The van der Waals surface area contributed by atoms with Crippen molar-refractivity contribution in [3.05, 3.63) is 18.5 Å². The summed E-state index contributed by atoms with van der Waals surface area (Å²) in [4.78, 5) is 25.2. The van der Waals surface area contributed by atoms with Crippen molar-refractivity contribution in [3.63, 3.8) is 0 Å². The van der Waals surface area contributed by atoms with Crippen LogP contribution in [0.1, 0.15) is 25.7 Å². The number of rotatable bonds is 5. The first kappa shape index (κ1) is 15.5. The number of aliphatic hydroxyl groups is 1. The zero-order valence-electron chi connectivity index (χ0n) is 12.3. The molecule has 0 spiro atoms. The van der Waals surface area contributed by atoms with Gasteiger partial charge >= 0.3 is 0 Å². The lowest BCUT2D eigenvalue weighted by Gasteiger charge is -2.39. The molecule has 2 rings (SSSR count). The van der Waals surface area contributed by atoms with Gasteiger partial charge in [-0.2, -0.15) is 5.10 Å². The molecule has 1 fully saturated rings. The normalized spacial score (nSPS) is 22.1. The number of likely N-dealkylation sites (tertiary alicyclic amines) is 1. The lowest BCUT2D eigenvalue weighted by molar-refractivity contribution is -0.140. The van der Waals surface area contributed by atoms with Crippen LogP contribution < -0.4 is 5.32 Å². The Balaban J connectivity index is 1.90. The van der Waals surface area contributed by atoms with Crippen molar-refractivity contribution in [3.8, 4) is 0 Å². The number of aromatic nitrogens is 2. The van der Waals surface area contributed by atoms with Crippen molar-refractivity contribution in [2.24, 2.45) is 0 Å². The van der Waals surface area contributed by atoms with Crippen molar-refractivity contribution in [2.45, 2.75) is 37.8 Å². The summed E-state index contributed by atoms with van der Waals surface area (Å²) in [6.45, 7) is 1.10. The molecule has 0 saturated carbocycles. The van der Waals surface area contributed by atoms with E-state index in [-0.39, 0.29) is 31.3 Å². The van der Waals surface area contributed by atoms with Gasteiger partial charge in [-0.25, -0.2) is 0 Å². The molecule has 2 heterocycles. The summed E-state index contributed by atoms with van der Waals surface area (Å²) in [6.07, 6.45) is 5.37. The molecule has 21 heavy (non-hydrogen) atoms. The van der Waals surface area contributed by atoms with E-state index < -0.39 is 5.60 Å². The first-order valence-corrected chi connectivity index (χ1v) is 7.20. The maximum absolute atomic E-state index is 12.2. The Morgan fingerprint density at radius 1 is 1.48 bits per heavy atom. The highest BCUT2D eigenvalue weighted by Crippen LogP contribution is 2.26. The third kappa shape index (κ3) is 4.29. The summed E-state index contributed by atoms with van der Waals surface area (Å²) in [6, 6.07) is 1.77. The SMILES string of the molecule is CNC(=O)CCC1(O)CCCN(C(=O)Cn2cccn2)C1. The van der Waals surface area contributed by atoms with Gasteiger partial charge in [0.25, 0.3) is 0 Å². The molecule has 1 atom stereocenters. The second-order valence-corrected chi connectivity index (χ2v) is 5.52. The fourth-order valence-corrected chi connectivity index (χ4v) is 2.63. The van der Waals surface area contributed by atoms with Crippen LogP contribution in [0.3, 0.4) is 0 Å². The minimum atomic E-state index is -0.968. The van der Waals surface area contributed by atoms with Crippen LogP contribution in [-0.4, -0.2) is 57.3 Å². The maximum Gasteiger partial charge on any atom is 0.244 e. The molecule has 0 bridgehead atoms. The van der Waals surface area contributed by atoms with E-state index in [0.717, 1.165) is 6.42 Å². The lowest BCUT2D eigenvalue weighted by Crippen LogP contribution is -2.51. The molecule has 0 aliphatic carbocycles. The van der Waals surface area contributed by atoms with Crippen molar-refractivity contribution >= 4 is 11.8 Å². The summed E-state index contributed by atoms with van der Waals surface area (Å²) in [5, 5.41) is 17.1. The van der Waals surface area contributed by atoms with Crippen LogP contribution in [0.15, 0.2) is 18.5 Å². The molecule has 1 aromatic rings. The van der Waals surface area contributed by atoms with E-state index in [0.29, 0.717) is 19.4 Å². The summed E-state index contributed by atoms with van der Waals surface area (Å²) >= 11 is 0. The average Bonchev–Trinajstić information content (AvgIpc) is 2.97. The van der Waals surface area contributed by atoms with E-state index >= 15 is 0 Å². The summed E-state index contributed by atoms with van der Waals surface area (Å²) in [7, 11) is 1.58. The topological polar surface area (TPSA) is 87.5 Å². The van der Waals surface area contributed by atoms with E-state index in [1.165, 1.54) is 0 Å². The van der Waals surface area contributed by atoms with E-state index in [9.17, 15) is 14.7 Å². The van der Waals surface area contributed by atoms with Gasteiger partial charge in [0.05, 0.1) is 5.60 Å². The van der Waals surface area contributed by atoms with Gasteiger partial charge in [0.2, 0.25) is 11.8 Å². The van der Waals surface area contributed by atoms with E-state index in [4.69, 9.17) is 0 Å². The van der Waals surface area contributed by atoms with Gasteiger partial charge in [-0.1, -0.05) is 0 Å². The number of hydrogen-bond donors (Lipinski definition) is 2. The van der Waals surface area contributed by atoms with Crippen LogP contribution in [0.4, 0.5) is 0 Å². The molecular formula is C14H22N4O3. The van der Waals surface area contributed by atoms with Crippen LogP contribution in [0.5, 0.6) is 0 Å². The van der Waals surface area contributed by atoms with Crippen molar-refractivity contribution in [1.29, 1.82) is 0 Å². The third-order valence-electron chi connectivity index (χ3n) is 3.86. The predicted octanol–water partition coefficient (Wildman–Crippen LogP) is -0.237. The van der Waals surface area contributed by atoms with Crippen molar-refractivity contribution in [1.82, 2.24) is 20.0 Å². The lowest BCUT2D eigenvalue weighted by atomic mass is 9.88. The predicted molar refractivity (Wildman–Crippen MR) is 76.3 cm³/mol. The molecule has 0 aromatic carbocycles. The Labute approximate surface area is 123 Å². The smallest absolute Gasteiger partial charge is 0.244 e. The second kappa shape index (κ2) is 6.71. The van der Waals surface area contributed by atoms with Gasteiger partial charge in [0.1, 0.15) is 6.54 Å². The average molecular weight is 294 g/mol. The number of piperidine rings is 1. The molecular weight excluding hydrogens is 272 g/mol. The Bertz CT molecular complexity index is 488. The fraction of sp³-hybridized carbons (Fsp3) is 0.643. The van der Waals surface area contributed by atoms with Crippen molar-refractivity contribution < 1.29 is 14.7 Å². The number of carbonyl (C=O) groups is 2. The largest absolute Gasteiger partial charge is 0.388 e. The molecule has 1 unspecified atom stereocenters. The number of β-amino-alcohol motifs (C(OH)–C–C–N with tert-alkyl or cyclic N) is 1. The molecule has 7 heteroatoms.